The second-order valence-corrected chi connectivity index (χ2v) is 3.33. The van der Waals surface area contributed by atoms with E-state index < -0.39 is 5.56 Å². The fourth-order valence-electron chi connectivity index (χ4n) is 1.51. The zero-order chi connectivity index (χ0) is 11.5. The second kappa shape index (κ2) is 3.99. The minimum Gasteiger partial charge on any atom is -0.303 e. The molecule has 1 aromatic carbocycles. The third kappa shape index (κ3) is 1.59. The Morgan fingerprint density at radius 3 is 2.62 bits per heavy atom. The predicted molar refractivity (Wildman–Crippen MR) is 59.3 cm³/mol. The van der Waals surface area contributed by atoms with Crippen LogP contribution in [-0.2, 0) is 0 Å². The third-order valence-electron chi connectivity index (χ3n) is 2.37. The molecule has 0 atom stereocenters. The molecular weight excluding hydrogens is 202 g/mol. The maximum absolute atomic E-state index is 11.3. The maximum Gasteiger partial charge on any atom is 0.290 e. The summed E-state index contributed by atoms with van der Waals surface area (Å²) < 4.78 is 1.72. The predicted octanol–water partition coefficient (Wildman–Crippen LogP) is 1.41. The van der Waals surface area contributed by atoms with E-state index in [0.717, 1.165) is 5.69 Å². The molecule has 1 heterocycles. The van der Waals surface area contributed by atoms with Gasteiger partial charge in [0, 0.05) is 11.4 Å². The Hall–Kier alpha value is -2.41. The highest BCUT2D eigenvalue weighted by atomic mass is 16.1. The van der Waals surface area contributed by atoms with Crippen molar-refractivity contribution >= 4 is 0 Å². The van der Waals surface area contributed by atoms with Crippen molar-refractivity contribution in [2.45, 2.75) is 6.92 Å². The van der Waals surface area contributed by atoms with Gasteiger partial charge in [0.25, 0.3) is 5.56 Å². The summed E-state index contributed by atoms with van der Waals surface area (Å²) in [6.07, 6.45) is 1.44. The third-order valence-corrected chi connectivity index (χ3v) is 2.37. The van der Waals surface area contributed by atoms with Gasteiger partial charge in [-0.3, -0.25) is 4.79 Å². The van der Waals surface area contributed by atoms with Crippen molar-refractivity contribution < 1.29 is 0 Å². The molecule has 0 saturated heterocycles. The molecule has 0 amide bonds. The summed E-state index contributed by atoms with van der Waals surface area (Å²) >= 11 is 0. The number of para-hydroxylation sites is 1. The van der Waals surface area contributed by atoms with Gasteiger partial charge in [-0.05, 0) is 19.1 Å². The summed E-state index contributed by atoms with van der Waals surface area (Å²) in [4.78, 5) is 15.0. The molecule has 0 radical (unpaired) electrons. The first-order chi connectivity index (χ1) is 7.74. The quantitative estimate of drug-likeness (QED) is 0.716. The normalized spacial score (nSPS) is 9.75. The van der Waals surface area contributed by atoms with E-state index in [2.05, 4.69) is 4.98 Å². The highest BCUT2D eigenvalue weighted by Crippen LogP contribution is 2.10. The van der Waals surface area contributed by atoms with Crippen LogP contribution in [-0.4, -0.2) is 9.55 Å². The number of hydrogen-bond acceptors (Lipinski definition) is 3. The topological polar surface area (TPSA) is 58.7 Å². The summed E-state index contributed by atoms with van der Waals surface area (Å²) in [5, 5.41) is 8.87. The number of rotatable bonds is 1. The summed E-state index contributed by atoms with van der Waals surface area (Å²) in [6, 6.07) is 11.3. The summed E-state index contributed by atoms with van der Waals surface area (Å²) in [5.74, 6) is 0. The minimum atomic E-state index is -0.479. The average Bonchev–Trinajstić information content (AvgIpc) is 2.31. The Labute approximate surface area is 92.4 Å². The lowest BCUT2D eigenvalue weighted by atomic mass is 10.2. The second-order valence-electron chi connectivity index (χ2n) is 3.33. The zero-order valence-corrected chi connectivity index (χ0v) is 8.71. The first kappa shape index (κ1) is 10.1. The number of hydrogen-bond donors (Lipinski definition) is 0. The van der Waals surface area contributed by atoms with Gasteiger partial charge in [-0.1, -0.05) is 18.2 Å². The molecule has 0 unspecified atom stereocenters. The van der Waals surface area contributed by atoms with Gasteiger partial charge in [0.05, 0.1) is 0 Å². The first-order valence-electron chi connectivity index (χ1n) is 4.78. The smallest absolute Gasteiger partial charge is 0.290 e. The van der Waals surface area contributed by atoms with Crippen LogP contribution < -0.4 is 5.56 Å². The SMILES string of the molecule is Cc1c(C#N)c(=O)ncn1-c1ccccc1. The van der Waals surface area contributed by atoms with Crippen LogP contribution in [0, 0.1) is 18.3 Å². The van der Waals surface area contributed by atoms with Crippen molar-refractivity contribution in [2.75, 3.05) is 0 Å². The Morgan fingerprint density at radius 1 is 1.31 bits per heavy atom. The number of nitrogens with zero attached hydrogens (tertiary/aromatic N) is 3. The molecule has 0 bridgehead atoms. The Balaban J connectivity index is 2.70. The van der Waals surface area contributed by atoms with Crippen molar-refractivity contribution in [2.24, 2.45) is 0 Å². The fourth-order valence-corrected chi connectivity index (χ4v) is 1.51. The monoisotopic (exact) mass is 211 g/mol. The van der Waals surface area contributed by atoms with Gasteiger partial charge in [0.2, 0.25) is 0 Å². The molecule has 1 aromatic heterocycles. The van der Waals surface area contributed by atoms with Gasteiger partial charge in [0.1, 0.15) is 18.0 Å². The van der Waals surface area contributed by atoms with Crippen molar-refractivity contribution in [3.05, 3.63) is 58.3 Å². The van der Waals surface area contributed by atoms with Crippen LogP contribution >= 0.6 is 0 Å². The van der Waals surface area contributed by atoms with Gasteiger partial charge in [-0.2, -0.15) is 10.2 Å². The van der Waals surface area contributed by atoms with Crippen LogP contribution in [0.15, 0.2) is 41.5 Å². The van der Waals surface area contributed by atoms with Gasteiger partial charge >= 0.3 is 0 Å². The van der Waals surface area contributed by atoms with E-state index in [1.165, 1.54) is 6.33 Å². The van der Waals surface area contributed by atoms with Crippen LogP contribution in [0.3, 0.4) is 0 Å². The summed E-state index contributed by atoms with van der Waals surface area (Å²) in [5.41, 5.74) is 1.09. The fraction of sp³-hybridized carbons (Fsp3) is 0.0833. The molecule has 2 rings (SSSR count). The molecule has 0 aliphatic heterocycles. The molecule has 0 aliphatic carbocycles. The Kier molecular flexibility index (Phi) is 2.52. The largest absolute Gasteiger partial charge is 0.303 e. The van der Waals surface area contributed by atoms with Gasteiger partial charge in [-0.15, -0.1) is 0 Å². The number of aromatic nitrogens is 2. The molecular formula is C12H9N3O. The molecule has 78 valence electrons. The van der Waals surface area contributed by atoms with E-state index in [4.69, 9.17) is 5.26 Å². The average molecular weight is 211 g/mol. The molecule has 0 aliphatic rings. The zero-order valence-electron chi connectivity index (χ0n) is 8.71. The highest BCUT2D eigenvalue weighted by molar-refractivity contribution is 5.38. The van der Waals surface area contributed by atoms with Crippen LogP contribution in [0.2, 0.25) is 0 Å². The number of benzene rings is 1. The van der Waals surface area contributed by atoms with Crippen LogP contribution in [0.5, 0.6) is 0 Å². The van der Waals surface area contributed by atoms with Gasteiger partial charge in [0.15, 0.2) is 0 Å². The minimum absolute atomic E-state index is 0.0892. The molecule has 0 saturated carbocycles. The maximum atomic E-state index is 11.3. The van der Waals surface area contributed by atoms with E-state index in [1.54, 1.807) is 11.5 Å². The van der Waals surface area contributed by atoms with E-state index in [1.807, 2.05) is 36.4 Å². The Bertz CT molecular complexity index is 608. The molecule has 0 spiro atoms. The molecule has 4 nitrogen and oxygen atoms in total. The van der Waals surface area contributed by atoms with Crippen molar-refractivity contribution in [1.29, 1.82) is 5.26 Å². The lowest BCUT2D eigenvalue weighted by molar-refractivity contribution is 0.904. The Morgan fingerprint density at radius 2 is 2.00 bits per heavy atom. The van der Waals surface area contributed by atoms with Crippen molar-refractivity contribution in [3.63, 3.8) is 0 Å². The van der Waals surface area contributed by atoms with Crippen molar-refractivity contribution in [3.8, 4) is 11.8 Å². The van der Waals surface area contributed by atoms with Crippen LogP contribution in [0.25, 0.3) is 5.69 Å². The standard InChI is InChI=1S/C12H9N3O/c1-9-11(7-13)12(16)14-8-15(9)10-5-3-2-4-6-10/h2-6,8H,1H3. The summed E-state index contributed by atoms with van der Waals surface area (Å²) in [6.45, 7) is 1.73. The lowest BCUT2D eigenvalue weighted by Gasteiger charge is -2.09. The molecule has 0 fully saturated rings. The van der Waals surface area contributed by atoms with E-state index in [9.17, 15) is 4.79 Å². The van der Waals surface area contributed by atoms with E-state index in [-0.39, 0.29) is 5.56 Å². The van der Waals surface area contributed by atoms with Crippen LogP contribution in [0.4, 0.5) is 0 Å². The molecule has 0 N–H and O–H groups in total. The lowest BCUT2D eigenvalue weighted by Crippen LogP contribution is -2.17. The van der Waals surface area contributed by atoms with Gasteiger partial charge in [-0.25, -0.2) is 0 Å². The summed E-state index contributed by atoms with van der Waals surface area (Å²) in [7, 11) is 0. The number of nitriles is 1. The highest BCUT2D eigenvalue weighted by Gasteiger charge is 2.08. The first-order valence-corrected chi connectivity index (χ1v) is 4.78. The molecule has 16 heavy (non-hydrogen) atoms. The van der Waals surface area contributed by atoms with Crippen LogP contribution in [0.1, 0.15) is 11.3 Å². The molecule has 2 aromatic rings. The van der Waals surface area contributed by atoms with E-state index >= 15 is 0 Å². The van der Waals surface area contributed by atoms with Gasteiger partial charge < -0.3 is 4.57 Å². The molecule has 4 heteroatoms. The van der Waals surface area contributed by atoms with E-state index in [0.29, 0.717) is 5.69 Å². The van der Waals surface area contributed by atoms with Crippen molar-refractivity contribution in [1.82, 2.24) is 9.55 Å².